The summed E-state index contributed by atoms with van der Waals surface area (Å²) in [6.07, 6.45) is 0. The maximum Gasteiger partial charge on any atom is 0.0647 e. The summed E-state index contributed by atoms with van der Waals surface area (Å²) < 4.78 is 7.62. The van der Waals surface area contributed by atoms with E-state index < -0.39 is 0 Å². The Morgan fingerprint density at radius 3 is 1.67 bits per heavy atom. The van der Waals surface area contributed by atoms with Crippen molar-refractivity contribution in [1.82, 2.24) is 9.13 Å². The van der Waals surface area contributed by atoms with E-state index in [1.807, 2.05) is 11.3 Å². The average Bonchev–Trinajstić information content (AvgIpc) is 3.73. The number of hydrogen-bond donors (Lipinski definition) is 0. The molecule has 0 fully saturated rings. The van der Waals surface area contributed by atoms with Crippen LogP contribution >= 0.6 is 11.3 Å². The summed E-state index contributed by atoms with van der Waals surface area (Å²) in [4.78, 5) is 0. The van der Waals surface area contributed by atoms with Gasteiger partial charge in [0.2, 0.25) is 0 Å². The van der Waals surface area contributed by atoms with Crippen molar-refractivity contribution in [3.8, 4) is 11.4 Å². The van der Waals surface area contributed by atoms with Gasteiger partial charge in [0.25, 0.3) is 0 Å². The van der Waals surface area contributed by atoms with Gasteiger partial charge >= 0.3 is 0 Å². The molecular formula is C40H24N2S. The van der Waals surface area contributed by atoms with E-state index in [0.29, 0.717) is 0 Å². The molecule has 10 rings (SSSR count). The number of rotatable bonds is 2. The Labute approximate surface area is 251 Å². The van der Waals surface area contributed by atoms with E-state index in [1.165, 1.54) is 85.9 Å². The second kappa shape index (κ2) is 8.57. The third kappa shape index (κ3) is 3.07. The zero-order valence-electron chi connectivity index (χ0n) is 23.2. The van der Waals surface area contributed by atoms with Crippen molar-refractivity contribution in [3.05, 3.63) is 146 Å². The van der Waals surface area contributed by atoms with Crippen molar-refractivity contribution in [2.24, 2.45) is 0 Å². The molecule has 0 N–H and O–H groups in total. The first-order chi connectivity index (χ1) is 21.4. The van der Waals surface area contributed by atoms with Crippen molar-refractivity contribution in [2.45, 2.75) is 0 Å². The quantitative estimate of drug-likeness (QED) is 0.198. The SMILES string of the molecule is c1ccc(-n2c3ccccc3c3c4ccccc4c4c(c5ccccc5n4-c4ccc5c(c4)sc4ccccc45)c32)cc1. The molecule has 0 bridgehead atoms. The Morgan fingerprint density at radius 1 is 0.349 bits per heavy atom. The lowest BCUT2D eigenvalue weighted by Crippen LogP contribution is -1.96. The molecule has 0 spiro atoms. The molecule has 7 aromatic carbocycles. The molecule has 0 aliphatic carbocycles. The first-order valence-electron chi connectivity index (χ1n) is 14.7. The van der Waals surface area contributed by atoms with Gasteiger partial charge in [0.05, 0.1) is 22.1 Å². The van der Waals surface area contributed by atoms with Gasteiger partial charge in [-0.3, -0.25) is 0 Å². The van der Waals surface area contributed by atoms with Crippen LogP contribution in [0.25, 0.3) is 85.9 Å². The standard InChI is InChI=1S/C40H24N2S/c1-2-12-25(13-3-1)41-33-19-9-6-17-31(33)37-29-15-4-5-16-30(29)39-38(40(37)41)32-18-7-10-20-34(32)42(39)26-22-23-28-27-14-8-11-21-35(27)43-36(28)24-26/h1-24H. The second-order valence-corrected chi connectivity index (χ2v) is 12.4. The molecule has 3 heteroatoms. The molecule has 0 atom stereocenters. The van der Waals surface area contributed by atoms with Crippen LogP contribution in [-0.4, -0.2) is 9.13 Å². The van der Waals surface area contributed by atoms with Crippen LogP contribution in [0.3, 0.4) is 0 Å². The molecule has 0 saturated heterocycles. The third-order valence-electron chi connectivity index (χ3n) is 9.07. The molecule has 10 aromatic rings. The zero-order chi connectivity index (χ0) is 28.1. The summed E-state index contributed by atoms with van der Waals surface area (Å²) in [5.74, 6) is 0. The van der Waals surface area contributed by atoms with E-state index in [-0.39, 0.29) is 0 Å². The maximum absolute atomic E-state index is 2.50. The van der Waals surface area contributed by atoms with E-state index in [1.54, 1.807) is 0 Å². The summed E-state index contributed by atoms with van der Waals surface area (Å²) >= 11 is 1.88. The van der Waals surface area contributed by atoms with E-state index in [4.69, 9.17) is 0 Å². The molecule has 0 saturated carbocycles. The zero-order valence-corrected chi connectivity index (χ0v) is 24.0. The Morgan fingerprint density at radius 2 is 0.907 bits per heavy atom. The van der Waals surface area contributed by atoms with Gasteiger partial charge in [-0.15, -0.1) is 11.3 Å². The maximum atomic E-state index is 2.50. The minimum Gasteiger partial charge on any atom is -0.309 e. The van der Waals surface area contributed by atoms with Crippen molar-refractivity contribution in [2.75, 3.05) is 0 Å². The summed E-state index contributed by atoms with van der Waals surface area (Å²) in [6.45, 7) is 0. The normalized spacial score (nSPS) is 12.2. The van der Waals surface area contributed by atoms with E-state index in [9.17, 15) is 0 Å². The number of aromatic nitrogens is 2. The van der Waals surface area contributed by atoms with Gasteiger partial charge < -0.3 is 9.13 Å². The van der Waals surface area contributed by atoms with Gasteiger partial charge in [-0.2, -0.15) is 0 Å². The van der Waals surface area contributed by atoms with E-state index >= 15 is 0 Å². The average molecular weight is 565 g/mol. The fraction of sp³-hybridized carbons (Fsp3) is 0. The lowest BCUT2D eigenvalue weighted by Gasteiger charge is -2.13. The number of benzene rings is 7. The highest BCUT2D eigenvalue weighted by Gasteiger charge is 2.24. The highest BCUT2D eigenvalue weighted by atomic mass is 32.1. The lowest BCUT2D eigenvalue weighted by atomic mass is 9.99. The molecule has 43 heavy (non-hydrogen) atoms. The van der Waals surface area contributed by atoms with Crippen molar-refractivity contribution in [1.29, 1.82) is 0 Å². The predicted octanol–water partition coefficient (Wildman–Crippen LogP) is 11.4. The number of para-hydroxylation sites is 3. The van der Waals surface area contributed by atoms with Gasteiger partial charge in [-0.25, -0.2) is 0 Å². The van der Waals surface area contributed by atoms with Crippen LogP contribution in [0.1, 0.15) is 0 Å². The van der Waals surface area contributed by atoms with Gasteiger partial charge in [-0.05, 0) is 47.9 Å². The highest BCUT2D eigenvalue weighted by molar-refractivity contribution is 7.25. The molecule has 3 aromatic heterocycles. The van der Waals surface area contributed by atoms with Crippen molar-refractivity contribution >= 4 is 85.9 Å². The van der Waals surface area contributed by atoms with E-state index in [0.717, 1.165) is 0 Å². The molecule has 2 nitrogen and oxygen atoms in total. The molecule has 0 radical (unpaired) electrons. The number of hydrogen-bond acceptors (Lipinski definition) is 1. The van der Waals surface area contributed by atoms with Crippen LogP contribution in [-0.2, 0) is 0 Å². The smallest absolute Gasteiger partial charge is 0.0647 e. The molecule has 0 aliphatic heterocycles. The van der Waals surface area contributed by atoms with Crippen LogP contribution in [0.2, 0.25) is 0 Å². The highest BCUT2D eigenvalue weighted by Crippen LogP contribution is 2.47. The first kappa shape index (κ1) is 23.2. The second-order valence-electron chi connectivity index (χ2n) is 11.3. The summed E-state index contributed by atoms with van der Waals surface area (Å²) in [7, 11) is 0. The Bertz CT molecular complexity index is 2720. The third-order valence-corrected chi connectivity index (χ3v) is 10.2. The molecule has 0 aliphatic rings. The van der Waals surface area contributed by atoms with Crippen LogP contribution in [0.15, 0.2) is 146 Å². The largest absolute Gasteiger partial charge is 0.309 e. The molecule has 3 heterocycles. The van der Waals surface area contributed by atoms with Gasteiger partial charge in [0, 0.05) is 58.5 Å². The number of fused-ring (bicyclic) bond motifs is 13. The van der Waals surface area contributed by atoms with Crippen LogP contribution in [0, 0.1) is 0 Å². The summed E-state index contributed by atoms with van der Waals surface area (Å²) in [5.41, 5.74) is 7.33. The van der Waals surface area contributed by atoms with Crippen molar-refractivity contribution in [3.63, 3.8) is 0 Å². The van der Waals surface area contributed by atoms with Crippen LogP contribution < -0.4 is 0 Å². The Balaban J connectivity index is 1.47. The first-order valence-corrected chi connectivity index (χ1v) is 15.5. The number of nitrogens with zero attached hydrogens (tertiary/aromatic N) is 2. The molecule has 0 unspecified atom stereocenters. The lowest BCUT2D eigenvalue weighted by molar-refractivity contribution is 1.18. The molecule has 0 amide bonds. The molecule has 200 valence electrons. The monoisotopic (exact) mass is 564 g/mol. The summed E-state index contributed by atoms with van der Waals surface area (Å²) in [5, 5.41) is 10.4. The van der Waals surface area contributed by atoms with Crippen molar-refractivity contribution < 1.29 is 0 Å². The minimum atomic E-state index is 1.17. The van der Waals surface area contributed by atoms with Gasteiger partial charge in [0.1, 0.15) is 0 Å². The van der Waals surface area contributed by atoms with Crippen LogP contribution in [0.4, 0.5) is 0 Å². The fourth-order valence-electron chi connectivity index (χ4n) is 7.36. The van der Waals surface area contributed by atoms with Crippen LogP contribution in [0.5, 0.6) is 0 Å². The number of thiophene rings is 1. The van der Waals surface area contributed by atoms with E-state index in [2.05, 4.69) is 155 Å². The predicted molar refractivity (Wildman–Crippen MR) is 186 cm³/mol. The van der Waals surface area contributed by atoms with Gasteiger partial charge in [-0.1, -0.05) is 103 Å². The Kier molecular flexibility index (Phi) is 4.63. The van der Waals surface area contributed by atoms with Gasteiger partial charge in [0.15, 0.2) is 0 Å². The molecular weight excluding hydrogens is 541 g/mol. The Hall–Kier alpha value is -5.38. The minimum absolute atomic E-state index is 1.17. The summed E-state index contributed by atoms with van der Waals surface area (Å²) in [6, 6.07) is 53.3. The topological polar surface area (TPSA) is 9.86 Å². The fourth-order valence-corrected chi connectivity index (χ4v) is 8.50.